The van der Waals surface area contributed by atoms with Crippen molar-refractivity contribution < 1.29 is 34.8 Å². The molecule has 0 aliphatic heterocycles. The van der Waals surface area contributed by atoms with Crippen LogP contribution >= 0.6 is 0 Å². The molecule has 140 valence electrons. The van der Waals surface area contributed by atoms with E-state index in [1.165, 1.54) is 0 Å². The van der Waals surface area contributed by atoms with Crippen LogP contribution in [0.15, 0.2) is 0 Å². The lowest BCUT2D eigenvalue weighted by atomic mass is 10.2. The van der Waals surface area contributed by atoms with Gasteiger partial charge in [0.1, 0.15) is 6.04 Å². The highest BCUT2D eigenvalue weighted by atomic mass is 16.4. The summed E-state index contributed by atoms with van der Waals surface area (Å²) < 4.78 is 0. The third kappa shape index (κ3) is 12.7. The minimum absolute atomic E-state index is 0.124. The summed E-state index contributed by atoms with van der Waals surface area (Å²) in [6.45, 7) is 0.976. The van der Waals surface area contributed by atoms with Gasteiger partial charge in [0.2, 0.25) is 5.91 Å². The number of carbonyl (C=O) groups excluding carboxylic acids is 1. The molecule has 11 heteroatoms. The molecule has 8 N–H and O–H groups in total. The normalized spacial score (nSPS) is 13.2. The summed E-state index contributed by atoms with van der Waals surface area (Å²) >= 11 is 0. The summed E-state index contributed by atoms with van der Waals surface area (Å²) in [5.41, 5.74) is 0. The van der Waals surface area contributed by atoms with Crippen molar-refractivity contribution >= 4 is 17.8 Å². The fraction of sp³-hybridized carbons (Fsp3) is 0.769. The van der Waals surface area contributed by atoms with Crippen LogP contribution in [-0.4, -0.2) is 96.3 Å². The smallest absolute Gasteiger partial charge is 0.321 e. The van der Waals surface area contributed by atoms with Crippen molar-refractivity contribution in [2.75, 3.05) is 45.9 Å². The van der Waals surface area contributed by atoms with E-state index in [1.54, 1.807) is 0 Å². The van der Waals surface area contributed by atoms with Gasteiger partial charge in [-0.3, -0.25) is 14.4 Å². The lowest BCUT2D eigenvalue weighted by Crippen LogP contribution is -2.45. The van der Waals surface area contributed by atoms with Gasteiger partial charge in [-0.2, -0.15) is 0 Å². The highest BCUT2D eigenvalue weighted by Gasteiger charge is 2.20. The first-order chi connectivity index (χ1) is 11.4. The number of nitrogens with one attached hydrogen (secondary N) is 4. The Kier molecular flexibility index (Phi) is 12.6. The van der Waals surface area contributed by atoms with Crippen molar-refractivity contribution in [2.45, 2.75) is 18.6 Å². The molecular formula is C13H26N4O7. The van der Waals surface area contributed by atoms with Crippen molar-refractivity contribution in [3.63, 3.8) is 0 Å². The lowest BCUT2D eigenvalue weighted by molar-refractivity contribution is -0.141. The molecule has 1 amide bonds. The molecule has 0 aliphatic carbocycles. The second-order valence-corrected chi connectivity index (χ2v) is 5.01. The van der Waals surface area contributed by atoms with E-state index in [0.717, 1.165) is 0 Å². The van der Waals surface area contributed by atoms with Crippen LogP contribution < -0.4 is 21.3 Å². The van der Waals surface area contributed by atoms with Crippen molar-refractivity contribution in [1.82, 2.24) is 21.3 Å². The van der Waals surface area contributed by atoms with Gasteiger partial charge in [0.25, 0.3) is 0 Å². The largest absolute Gasteiger partial charge is 0.480 e. The van der Waals surface area contributed by atoms with Gasteiger partial charge < -0.3 is 41.7 Å². The van der Waals surface area contributed by atoms with Crippen LogP contribution in [0.4, 0.5) is 0 Å². The first kappa shape index (κ1) is 22.2. The average molecular weight is 350 g/mol. The molecule has 0 aromatic heterocycles. The SMILES string of the molecule is O=C(O)CNCCNCCNC(CC(=O)NCC(O)CO)C(=O)O. The van der Waals surface area contributed by atoms with Gasteiger partial charge in [0.05, 0.1) is 25.7 Å². The molecule has 0 bridgehead atoms. The number of hydrogen-bond donors (Lipinski definition) is 8. The number of amides is 1. The number of hydrogen-bond acceptors (Lipinski definition) is 8. The topological polar surface area (TPSA) is 180 Å². The summed E-state index contributed by atoms with van der Waals surface area (Å²) in [5.74, 6) is -2.66. The molecule has 11 nitrogen and oxygen atoms in total. The standard InChI is InChI=1S/C13H26N4O7/c18-8-9(19)6-17-11(20)5-10(13(23)24)16-4-3-14-1-2-15-7-12(21)22/h9-10,14-16,18-19H,1-8H2,(H,17,20)(H,21,22)(H,23,24). The number of carbonyl (C=O) groups is 3. The molecule has 0 rings (SSSR count). The van der Waals surface area contributed by atoms with Crippen molar-refractivity contribution in [1.29, 1.82) is 0 Å². The molecule has 0 heterocycles. The maximum Gasteiger partial charge on any atom is 0.321 e. The van der Waals surface area contributed by atoms with Gasteiger partial charge >= 0.3 is 11.9 Å². The van der Waals surface area contributed by atoms with Crippen molar-refractivity contribution in [3.8, 4) is 0 Å². The van der Waals surface area contributed by atoms with Crippen LogP contribution in [-0.2, 0) is 14.4 Å². The fourth-order valence-corrected chi connectivity index (χ4v) is 1.63. The van der Waals surface area contributed by atoms with E-state index in [-0.39, 0.29) is 19.5 Å². The molecule has 0 aromatic rings. The predicted molar refractivity (Wildman–Crippen MR) is 83.5 cm³/mol. The molecule has 0 saturated carbocycles. The van der Waals surface area contributed by atoms with Gasteiger partial charge in [-0.1, -0.05) is 0 Å². The van der Waals surface area contributed by atoms with Crippen LogP contribution in [0.1, 0.15) is 6.42 Å². The summed E-state index contributed by atoms with van der Waals surface area (Å²) in [5, 5.41) is 45.9. The Morgan fingerprint density at radius 2 is 1.58 bits per heavy atom. The molecule has 2 unspecified atom stereocenters. The lowest BCUT2D eigenvalue weighted by Gasteiger charge is -2.15. The van der Waals surface area contributed by atoms with Crippen molar-refractivity contribution in [2.24, 2.45) is 0 Å². The van der Waals surface area contributed by atoms with E-state index in [4.69, 9.17) is 20.4 Å². The Hall–Kier alpha value is -1.79. The zero-order valence-corrected chi connectivity index (χ0v) is 13.3. The number of carboxylic acid groups (broad SMARTS) is 2. The zero-order chi connectivity index (χ0) is 18.4. The molecule has 0 spiro atoms. The maximum absolute atomic E-state index is 11.6. The number of carboxylic acids is 2. The van der Waals surface area contributed by atoms with Gasteiger partial charge in [0.15, 0.2) is 0 Å². The van der Waals surface area contributed by atoms with Crippen LogP contribution in [0.5, 0.6) is 0 Å². The molecule has 2 atom stereocenters. The van der Waals surface area contributed by atoms with Crippen LogP contribution in [0, 0.1) is 0 Å². The summed E-state index contributed by atoms with van der Waals surface area (Å²) in [6, 6.07) is -1.07. The van der Waals surface area contributed by atoms with E-state index in [1.807, 2.05) is 0 Å². The van der Waals surface area contributed by atoms with E-state index < -0.39 is 36.6 Å². The zero-order valence-electron chi connectivity index (χ0n) is 13.3. The Bertz CT molecular complexity index is 395. The fourth-order valence-electron chi connectivity index (χ4n) is 1.63. The Balaban J connectivity index is 3.82. The van der Waals surface area contributed by atoms with E-state index >= 15 is 0 Å². The second-order valence-electron chi connectivity index (χ2n) is 5.01. The first-order valence-corrected chi connectivity index (χ1v) is 7.51. The Morgan fingerprint density at radius 3 is 2.17 bits per heavy atom. The molecule has 0 saturated heterocycles. The highest BCUT2D eigenvalue weighted by Crippen LogP contribution is 1.93. The third-order valence-electron chi connectivity index (χ3n) is 2.88. The predicted octanol–water partition coefficient (Wildman–Crippen LogP) is -3.85. The van der Waals surface area contributed by atoms with Gasteiger partial charge in [0, 0.05) is 32.7 Å². The maximum atomic E-state index is 11.6. The van der Waals surface area contributed by atoms with E-state index in [2.05, 4.69) is 21.3 Å². The van der Waals surface area contributed by atoms with Gasteiger partial charge in [-0.25, -0.2) is 0 Å². The minimum Gasteiger partial charge on any atom is -0.480 e. The van der Waals surface area contributed by atoms with Gasteiger partial charge in [-0.15, -0.1) is 0 Å². The molecule has 0 aliphatic rings. The Morgan fingerprint density at radius 1 is 0.958 bits per heavy atom. The molecule has 24 heavy (non-hydrogen) atoms. The summed E-state index contributed by atoms with van der Waals surface area (Å²) in [7, 11) is 0. The number of aliphatic hydroxyl groups is 2. The molecule has 0 radical (unpaired) electrons. The van der Waals surface area contributed by atoms with Gasteiger partial charge in [-0.05, 0) is 0 Å². The summed E-state index contributed by atoms with van der Waals surface area (Å²) in [4.78, 5) is 32.9. The highest BCUT2D eigenvalue weighted by molar-refractivity contribution is 5.84. The minimum atomic E-state index is -1.17. The summed E-state index contributed by atoms with van der Waals surface area (Å²) in [6.07, 6.45) is -1.38. The first-order valence-electron chi connectivity index (χ1n) is 7.51. The average Bonchev–Trinajstić information content (AvgIpc) is 2.53. The van der Waals surface area contributed by atoms with Crippen LogP contribution in [0.3, 0.4) is 0 Å². The second kappa shape index (κ2) is 13.6. The Labute approximate surface area is 139 Å². The molecule has 0 fully saturated rings. The monoisotopic (exact) mass is 350 g/mol. The number of aliphatic hydroxyl groups excluding tert-OH is 2. The quantitative estimate of drug-likeness (QED) is 0.136. The van der Waals surface area contributed by atoms with Crippen molar-refractivity contribution in [3.05, 3.63) is 0 Å². The molecular weight excluding hydrogens is 324 g/mol. The third-order valence-corrected chi connectivity index (χ3v) is 2.88. The van der Waals surface area contributed by atoms with E-state index in [0.29, 0.717) is 26.2 Å². The number of rotatable bonds is 15. The van der Waals surface area contributed by atoms with Crippen LogP contribution in [0.25, 0.3) is 0 Å². The van der Waals surface area contributed by atoms with Crippen LogP contribution in [0.2, 0.25) is 0 Å². The molecule has 0 aromatic carbocycles. The number of aliphatic carboxylic acids is 2. The van der Waals surface area contributed by atoms with E-state index in [9.17, 15) is 14.4 Å².